The van der Waals surface area contributed by atoms with Gasteiger partial charge in [-0.05, 0) is 50.1 Å². The lowest BCUT2D eigenvalue weighted by molar-refractivity contribution is 0.0523. The van der Waals surface area contributed by atoms with Gasteiger partial charge in [0.1, 0.15) is 16.9 Å². The molecule has 0 bridgehead atoms. The van der Waals surface area contributed by atoms with E-state index in [1.54, 1.807) is 30.9 Å². The Balaban J connectivity index is 2.10. The van der Waals surface area contributed by atoms with E-state index >= 15 is 0 Å². The zero-order chi connectivity index (χ0) is 29.7. The molecule has 0 unspecified atom stereocenters. The summed E-state index contributed by atoms with van der Waals surface area (Å²) in [6, 6.07) is 7.90. The van der Waals surface area contributed by atoms with Crippen LogP contribution in [-0.4, -0.2) is 67.5 Å². The maximum absolute atomic E-state index is 13.6. The highest BCUT2D eigenvalue weighted by Gasteiger charge is 2.22. The second kappa shape index (κ2) is 12.6. The third-order valence-electron chi connectivity index (χ3n) is 6.45. The molecule has 0 aliphatic rings. The lowest BCUT2D eigenvalue weighted by Gasteiger charge is -2.16. The molecule has 3 heterocycles. The Hall–Kier alpha value is -4.71. The van der Waals surface area contributed by atoms with Crippen LogP contribution in [0.15, 0.2) is 46.3 Å². The van der Waals surface area contributed by atoms with Gasteiger partial charge in [0.25, 0.3) is 11.5 Å². The highest BCUT2D eigenvalue weighted by molar-refractivity contribution is 5.98. The Kier molecular flexibility index (Phi) is 9.03. The number of amides is 1. The number of aromatic nitrogens is 3. The van der Waals surface area contributed by atoms with Crippen molar-refractivity contribution in [1.29, 1.82) is 0 Å². The molecule has 0 saturated carbocycles. The molecule has 12 nitrogen and oxygen atoms in total. The number of carbonyl (C=O) groups excluding carboxylic acids is 2. The van der Waals surface area contributed by atoms with E-state index in [9.17, 15) is 14.4 Å². The number of hydrogen-bond acceptors (Lipinski definition) is 9. The van der Waals surface area contributed by atoms with Crippen molar-refractivity contribution in [3.63, 3.8) is 0 Å². The second-order valence-corrected chi connectivity index (χ2v) is 8.97. The number of aryl methyl sites for hydroxylation is 2. The molecule has 3 aromatic heterocycles. The first-order valence-corrected chi connectivity index (χ1v) is 12.9. The average Bonchev–Trinajstić information content (AvgIpc) is 2.97. The molecule has 0 saturated heterocycles. The first kappa shape index (κ1) is 29.3. The van der Waals surface area contributed by atoms with Crippen molar-refractivity contribution in [1.82, 2.24) is 14.0 Å². The molecule has 0 spiro atoms. The summed E-state index contributed by atoms with van der Waals surface area (Å²) in [5, 5.41) is 0.174. The molecule has 0 radical (unpaired) electrons. The predicted octanol–water partition coefficient (Wildman–Crippen LogP) is 2.94. The van der Waals surface area contributed by atoms with Gasteiger partial charge in [0, 0.05) is 32.0 Å². The number of methoxy groups -OCH3 is 4. The first-order valence-electron chi connectivity index (χ1n) is 12.9. The molecule has 0 aliphatic carbocycles. The number of esters is 1. The van der Waals surface area contributed by atoms with Crippen molar-refractivity contribution in [2.75, 3.05) is 41.7 Å². The Morgan fingerprint density at radius 3 is 2.32 bits per heavy atom. The molecule has 216 valence electrons. The topological polar surface area (TPSA) is 132 Å². The fourth-order valence-corrected chi connectivity index (χ4v) is 4.51. The standard InChI is InChI=1S/C29H32N4O8/c1-7-41-29(36)20-16-19-25(30-24-17(2)10-8-11-33(24)28(19)35)32(12-9-13-37-3)26(20)31-27(34)18-14-21(38-4)23(40-6)22(15-18)39-5/h8,10-11,14-16H,7,9,12-13H2,1-6H3. The normalized spacial score (nSPS) is 11.6. The fourth-order valence-electron chi connectivity index (χ4n) is 4.51. The Labute approximate surface area is 235 Å². The van der Waals surface area contributed by atoms with Gasteiger partial charge in [-0.2, -0.15) is 4.99 Å². The van der Waals surface area contributed by atoms with Crippen LogP contribution in [0.5, 0.6) is 17.2 Å². The highest BCUT2D eigenvalue weighted by atomic mass is 16.5. The molecule has 41 heavy (non-hydrogen) atoms. The number of carbonyl (C=O) groups is 2. The minimum atomic E-state index is -0.736. The number of pyridine rings is 2. The van der Waals surface area contributed by atoms with Crippen LogP contribution in [0.3, 0.4) is 0 Å². The summed E-state index contributed by atoms with van der Waals surface area (Å²) in [6.45, 7) is 4.21. The maximum Gasteiger partial charge on any atom is 0.341 e. The van der Waals surface area contributed by atoms with E-state index in [-0.39, 0.29) is 57.9 Å². The van der Waals surface area contributed by atoms with Crippen molar-refractivity contribution in [3.05, 3.63) is 69.1 Å². The average molecular weight is 565 g/mol. The van der Waals surface area contributed by atoms with Crippen molar-refractivity contribution < 1.29 is 33.3 Å². The lowest BCUT2D eigenvalue weighted by Crippen LogP contribution is -2.33. The molecule has 0 atom stereocenters. The van der Waals surface area contributed by atoms with Gasteiger partial charge in [0.15, 0.2) is 17.0 Å². The van der Waals surface area contributed by atoms with E-state index in [1.165, 1.54) is 43.9 Å². The van der Waals surface area contributed by atoms with Gasteiger partial charge >= 0.3 is 5.97 Å². The van der Waals surface area contributed by atoms with Crippen LogP contribution in [0.1, 0.15) is 39.6 Å². The zero-order valence-electron chi connectivity index (χ0n) is 23.8. The van der Waals surface area contributed by atoms with E-state index in [0.717, 1.165) is 5.56 Å². The largest absolute Gasteiger partial charge is 0.493 e. The van der Waals surface area contributed by atoms with Gasteiger partial charge in [-0.15, -0.1) is 0 Å². The van der Waals surface area contributed by atoms with E-state index < -0.39 is 11.9 Å². The van der Waals surface area contributed by atoms with Crippen molar-refractivity contribution in [2.24, 2.45) is 4.99 Å². The van der Waals surface area contributed by atoms with Crippen molar-refractivity contribution in [3.8, 4) is 17.2 Å². The summed E-state index contributed by atoms with van der Waals surface area (Å²) in [4.78, 5) is 49.6. The van der Waals surface area contributed by atoms with Crippen LogP contribution in [0.25, 0.3) is 16.7 Å². The molecule has 4 aromatic rings. The van der Waals surface area contributed by atoms with Crippen molar-refractivity contribution in [2.45, 2.75) is 26.8 Å². The third-order valence-corrected chi connectivity index (χ3v) is 6.45. The van der Waals surface area contributed by atoms with Gasteiger partial charge in [-0.25, -0.2) is 9.78 Å². The molecule has 1 amide bonds. The molecule has 4 rings (SSSR count). The third kappa shape index (κ3) is 5.64. The van der Waals surface area contributed by atoms with E-state index in [4.69, 9.17) is 28.7 Å². The van der Waals surface area contributed by atoms with Crippen molar-refractivity contribution >= 4 is 28.6 Å². The van der Waals surface area contributed by atoms with Gasteiger partial charge in [-0.3, -0.25) is 14.0 Å². The summed E-state index contributed by atoms with van der Waals surface area (Å²) in [6.07, 6.45) is 2.10. The summed E-state index contributed by atoms with van der Waals surface area (Å²) in [5.41, 5.74) is 1.18. The molecule has 1 aromatic carbocycles. The predicted molar refractivity (Wildman–Crippen MR) is 150 cm³/mol. The number of ether oxygens (including phenoxy) is 5. The minimum Gasteiger partial charge on any atom is -0.493 e. The van der Waals surface area contributed by atoms with Gasteiger partial charge in [0.2, 0.25) is 5.75 Å². The van der Waals surface area contributed by atoms with Gasteiger partial charge in [0.05, 0.1) is 33.3 Å². The van der Waals surface area contributed by atoms with Crippen LogP contribution >= 0.6 is 0 Å². The number of fused-ring (bicyclic) bond motifs is 2. The highest BCUT2D eigenvalue weighted by Crippen LogP contribution is 2.38. The molecule has 12 heteroatoms. The van der Waals surface area contributed by atoms with Crippen LogP contribution in [0.2, 0.25) is 0 Å². The van der Waals surface area contributed by atoms with E-state index in [2.05, 4.69) is 4.99 Å². The van der Waals surface area contributed by atoms with Crippen LogP contribution in [-0.2, 0) is 16.0 Å². The SMILES string of the molecule is CCOC(=O)c1cc2c(=O)n3cccc(C)c3nc2n(CCCOC)c1=NC(=O)c1cc(OC)c(OC)c(OC)c1. The molecular weight excluding hydrogens is 532 g/mol. The maximum atomic E-state index is 13.6. The van der Waals surface area contributed by atoms with Gasteiger partial charge < -0.3 is 28.3 Å². The minimum absolute atomic E-state index is 0.00404. The quantitative estimate of drug-likeness (QED) is 0.162. The molecule has 0 N–H and O–H groups in total. The summed E-state index contributed by atoms with van der Waals surface area (Å²) < 4.78 is 29.7. The zero-order valence-corrected chi connectivity index (χ0v) is 23.8. The Bertz CT molecular complexity index is 1730. The Morgan fingerprint density at radius 1 is 1.00 bits per heavy atom. The molecular formula is C29H32N4O8. The molecule has 0 fully saturated rings. The first-order chi connectivity index (χ1) is 19.8. The van der Waals surface area contributed by atoms with E-state index in [1.807, 2.05) is 13.0 Å². The lowest BCUT2D eigenvalue weighted by atomic mass is 10.1. The monoisotopic (exact) mass is 564 g/mol. The van der Waals surface area contributed by atoms with Crippen LogP contribution in [0, 0.1) is 6.92 Å². The molecule has 0 aliphatic heterocycles. The summed E-state index contributed by atoms with van der Waals surface area (Å²) in [7, 11) is 5.89. The van der Waals surface area contributed by atoms with Crippen LogP contribution < -0.4 is 25.3 Å². The number of rotatable bonds is 10. The summed E-state index contributed by atoms with van der Waals surface area (Å²) >= 11 is 0. The fraction of sp³-hybridized carbons (Fsp3) is 0.345. The Morgan fingerprint density at radius 2 is 1.71 bits per heavy atom. The second-order valence-electron chi connectivity index (χ2n) is 8.97. The number of hydrogen-bond donors (Lipinski definition) is 0. The summed E-state index contributed by atoms with van der Waals surface area (Å²) in [5.74, 6) is -0.590. The van der Waals surface area contributed by atoms with Gasteiger partial charge in [-0.1, -0.05) is 6.07 Å². The number of nitrogens with zero attached hydrogens (tertiary/aromatic N) is 4. The van der Waals surface area contributed by atoms with Crippen LogP contribution in [0.4, 0.5) is 0 Å². The van der Waals surface area contributed by atoms with E-state index in [0.29, 0.717) is 24.4 Å². The number of benzene rings is 1. The smallest absolute Gasteiger partial charge is 0.341 e.